The van der Waals surface area contributed by atoms with Crippen molar-refractivity contribution in [3.05, 3.63) is 92.7 Å². The fourth-order valence-electron chi connectivity index (χ4n) is 2.77. The number of rotatable bonds is 6. The summed E-state index contributed by atoms with van der Waals surface area (Å²) in [6.45, 7) is -0.00559. The van der Waals surface area contributed by atoms with Gasteiger partial charge in [0.25, 0.3) is 5.91 Å². The van der Waals surface area contributed by atoms with Crippen molar-refractivity contribution in [2.24, 2.45) is 0 Å². The highest BCUT2D eigenvalue weighted by molar-refractivity contribution is 7.92. The SMILES string of the molecule is CS(=O)(=O)N(Cc1ccc(C(=O)Nc2ccc(F)c(Cl)c2)cc1)c1cccc(Cl)c1Cl. The van der Waals surface area contributed by atoms with Gasteiger partial charge in [-0.15, -0.1) is 0 Å². The predicted octanol–water partition coefficient (Wildman–Crippen LogP) is 6.00. The molecule has 1 amide bonds. The Labute approximate surface area is 194 Å². The van der Waals surface area contributed by atoms with Crippen molar-refractivity contribution >= 4 is 62.1 Å². The Morgan fingerprint density at radius 1 is 1.00 bits per heavy atom. The molecule has 0 saturated carbocycles. The van der Waals surface area contributed by atoms with E-state index < -0.39 is 21.7 Å². The van der Waals surface area contributed by atoms with E-state index in [0.717, 1.165) is 16.6 Å². The van der Waals surface area contributed by atoms with E-state index >= 15 is 0 Å². The number of carbonyl (C=O) groups excluding carboxylic acids is 1. The predicted molar refractivity (Wildman–Crippen MR) is 123 cm³/mol. The summed E-state index contributed by atoms with van der Waals surface area (Å²) in [6.07, 6.45) is 1.07. The highest BCUT2D eigenvalue weighted by atomic mass is 35.5. The summed E-state index contributed by atoms with van der Waals surface area (Å²) in [6, 6.07) is 14.9. The second-order valence-corrected chi connectivity index (χ2v) is 9.72. The van der Waals surface area contributed by atoms with Gasteiger partial charge < -0.3 is 5.32 Å². The third-order valence-corrected chi connectivity index (χ3v) is 6.55. The molecule has 3 aromatic carbocycles. The Bertz CT molecular complexity index is 1240. The van der Waals surface area contributed by atoms with Crippen molar-refractivity contribution in [3.63, 3.8) is 0 Å². The van der Waals surface area contributed by atoms with Crippen LogP contribution in [0.25, 0.3) is 0 Å². The lowest BCUT2D eigenvalue weighted by molar-refractivity contribution is 0.102. The quantitative estimate of drug-likeness (QED) is 0.450. The minimum Gasteiger partial charge on any atom is -0.322 e. The lowest BCUT2D eigenvalue weighted by Gasteiger charge is -2.24. The van der Waals surface area contributed by atoms with Gasteiger partial charge in [-0.2, -0.15) is 0 Å². The van der Waals surface area contributed by atoms with E-state index in [2.05, 4.69) is 5.32 Å². The van der Waals surface area contributed by atoms with Crippen LogP contribution in [-0.4, -0.2) is 20.6 Å². The molecule has 0 aliphatic rings. The van der Waals surface area contributed by atoms with E-state index in [0.29, 0.717) is 16.8 Å². The number of halogens is 4. The lowest BCUT2D eigenvalue weighted by Crippen LogP contribution is -2.29. The largest absolute Gasteiger partial charge is 0.322 e. The van der Waals surface area contributed by atoms with E-state index in [1.165, 1.54) is 12.1 Å². The van der Waals surface area contributed by atoms with Gasteiger partial charge in [-0.05, 0) is 48.0 Å². The topological polar surface area (TPSA) is 66.5 Å². The molecular formula is C21H16Cl3FN2O3S. The van der Waals surface area contributed by atoms with Crippen molar-refractivity contribution in [2.45, 2.75) is 6.54 Å². The molecule has 1 N–H and O–H groups in total. The van der Waals surface area contributed by atoms with Gasteiger partial charge in [-0.1, -0.05) is 53.0 Å². The van der Waals surface area contributed by atoms with Crippen LogP contribution in [-0.2, 0) is 16.6 Å². The van der Waals surface area contributed by atoms with Gasteiger partial charge in [-0.25, -0.2) is 12.8 Å². The normalized spacial score (nSPS) is 11.3. The summed E-state index contributed by atoms with van der Waals surface area (Å²) >= 11 is 17.9. The minimum absolute atomic E-state index is 0.00559. The van der Waals surface area contributed by atoms with Crippen LogP contribution in [0.5, 0.6) is 0 Å². The first-order valence-electron chi connectivity index (χ1n) is 8.83. The summed E-state index contributed by atoms with van der Waals surface area (Å²) < 4.78 is 39.1. The highest BCUT2D eigenvalue weighted by Gasteiger charge is 2.21. The Morgan fingerprint density at radius 2 is 1.68 bits per heavy atom. The van der Waals surface area contributed by atoms with Crippen molar-refractivity contribution in [1.82, 2.24) is 0 Å². The van der Waals surface area contributed by atoms with Gasteiger partial charge >= 0.3 is 0 Å². The molecule has 0 spiro atoms. The molecule has 3 aromatic rings. The zero-order valence-corrected chi connectivity index (χ0v) is 19.2. The molecule has 5 nitrogen and oxygen atoms in total. The molecule has 31 heavy (non-hydrogen) atoms. The smallest absolute Gasteiger partial charge is 0.255 e. The molecule has 0 fully saturated rings. The molecule has 3 rings (SSSR count). The number of carbonyl (C=O) groups is 1. The number of sulfonamides is 1. The second kappa shape index (κ2) is 9.44. The van der Waals surface area contributed by atoms with E-state index in [9.17, 15) is 17.6 Å². The number of nitrogens with zero attached hydrogens (tertiary/aromatic N) is 1. The lowest BCUT2D eigenvalue weighted by atomic mass is 10.1. The van der Waals surface area contributed by atoms with Crippen molar-refractivity contribution < 1.29 is 17.6 Å². The Hall–Kier alpha value is -2.32. The second-order valence-electron chi connectivity index (χ2n) is 6.62. The van der Waals surface area contributed by atoms with Crippen LogP contribution in [0.3, 0.4) is 0 Å². The first kappa shape index (κ1) is 23.3. The standard InChI is InChI=1S/C21H16Cl3FN2O3S/c1-31(29,30)27(19-4-2-3-16(22)20(19)24)12-13-5-7-14(8-6-13)21(28)26-15-9-10-18(25)17(23)11-15/h2-11H,12H2,1H3,(H,26,28). The van der Waals surface area contributed by atoms with E-state index in [1.807, 2.05) is 0 Å². The van der Waals surface area contributed by atoms with Crippen LogP contribution in [0.1, 0.15) is 15.9 Å². The van der Waals surface area contributed by atoms with Crippen molar-refractivity contribution in [2.75, 3.05) is 15.9 Å². The monoisotopic (exact) mass is 500 g/mol. The molecule has 0 heterocycles. The maximum Gasteiger partial charge on any atom is 0.255 e. The Kier molecular flexibility index (Phi) is 7.11. The molecule has 0 aliphatic heterocycles. The van der Waals surface area contributed by atoms with Gasteiger partial charge in [0.2, 0.25) is 10.0 Å². The van der Waals surface area contributed by atoms with Gasteiger partial charge in [0, 0.05) is 11.3 Å². The van der Waals surface area contributed by atoms with Crippen LogP contribution in [0, 0.1) is 5.82 Å². The van der Waals surface area contributed by atoms with Gasteiger partial charge in [0.1, 0.15) is 5.82 Å². The zero-order valence-electron chi connectivity index (χ0n) is 16.1. The maximum absolute atomic E-state index is 13.3. The van der Waals surface area contributed by atoms with Gasteiger partial charge in [0.15, 0.2) is 0 Å². The Morgan fingerprint density at radius 3 is 2.29 bits per heavy atom. The summed E-state index contributed by atoms with van der Waals surface area (Å²) in [5, 5.41) is 2.88. The molecule has 0 radical (unpaired) electrons. The van der Waals surface area contributed by atoms with Crippen LogP contribution in [0.4, 0.5) is 15.8 Å². The number of benzene rings is 3. The molecule has 0 saturated heterocycles. The maximum atomic E-state index is 13.3. The highest BCUT2D eigenvalue weighted by Crippen LogP contribution is 2.34. The molecule has 0 bridgehead atoms. The zero-order chi connectivity index (χ0) is 22.8. The number of anilines is 2. The fraction of sp³-hybridized carbons (Fsp3) is 0.0952. The number of nitrogens with one attached hydrogen (secondary N) is 1. The third kappa shape index (κ3) is 5.68. The minimum atomic E-state index is -3.66. The molecule has 162 valence electrons. The average molecular weight is 502 g/mol. The number of amides is 1. The van der Waals surface area contributed by atoms with Crippen LogP contribution >= 0.6 is 34.8 Å². The number of hydrogen-bond donors (Lipinski definition) is 1. The summed E-state index contributed by atoms with van der Waals surface area (Å²) in [4.78, 5) is 12.4. The fourth-order valence-corrected chi connectivity index (χ4v) is 4.29. The van der Waals surface area contributed by atoms with Crippen LogP contribution < -0.4 is 9.62 Å². The summed E-state index contributed by atoms with van der Waals surface area (Å²) in [7, 11) is -3.66. The van der Waals surface area contributed by atoms with Crippen molar-refractivity contribution in [3.8, 4) is 0 Å². The molecule has 0 atom stereocenters. The first-order valence-corrected chi connectivity index (χ1v) is 11.8. The van der Waals surface area contributed by atoms with Gasteiger partial charge in [0.05, 0.1) is 33.6 Å². The summed E-state index contributed by atoms with van der Waals surface area (Å²) in [5.41, 5.74) is 1.56. The average Bonchev–Trinajstić information content (AvgIpc) is 2.71. The molecule has 0 aromatic heterocycles. The third-order valence-electron chi connectivity index (χ3n) is 4.32. The van der Waals surface area contributed by atoms with Gasteiger partial charge in [-0.3, -0.25) is 9.10 Å². The Balaban J connectivity index is 1.80. The van der Waals surface area contributed by atoms with E-state index in [4.69, 9.17) is 34.8 Å². The molecule has 10 heteroatoms. The number of hydrogen-bond acceptors (Lipinski definition) is 3. The van der Waals surface area contributed by atoms with Crippen LogP contribution in [0.2, 0.25) is 15.1 Å². The van der Waals surface area contributed by atoms with Crippen molar-refractivity contribution in [1.29, 1.82) is 0 Å². The van der Waals surface area contributed by atoms with Crippen LogP contribution in [0.15, 0.2) is 60.7 Å². The molecular weight excluding hydrogens is 486 g/mol. The van der Waals surface area contributed by atoms with E-state index in [1.54, 1.807) is 42.5 Å². The molecule has 0 unspecified atom stereocenters. The summed E-state index contributed by atoms with van der Waals surface area (Å²) in [5.74, 6) is -1.01. The van der Waals surface area contributed by atoms with E-state index in [-0.39, 0.29) is 27.3 Å². The first-order chi connectivity index (χ1) is 14.6. The molecule has 0 aliphatic carbocycles.